The topological polar surface area (TPSA) is 32.8 Å². The van der Waals surface area contributed by atoms with Gasteiger partial charge in [0.2, 0.25) is 5.91 Å². The molecular weight excluding hydrogens is 384 g/mol. The highest BCUT2D eigenvalue weighted by Gasteiger charge is 2.34. The van der Waals surface area contributed by atoms with Crippen LogP contribution < -0.4 is 4.74 Å². The van der Waals surface area contributed by atoms with Crippen LogP contribution in [0.15, 0.2) is 18.2 Å². The Balaban J connectivity index is 1.67. The molecule has 3 rings (SSSR count). The van der Waals surface area contributed by atoms with Crippen molar-refractivity contribution in [1.29, 1.82) is 0 Å². The van der Waals surface area contributed by atoms with Gasteiger partial charge in [-0.2, -0.15) is 0 Å². The van der Waals surface area contributed by atoms with Gasteiger partial charge in [0.15, 0.2) is 0 Å². The van der Waals surface area contributed by atoms with E-state index in [4.69, 9.17) is 4.74 Å². The van der Waals surface area contributed by atoms with Gasteiger partial charge in [-0.05, 0) is 48.8 Å². The van der Waals surface area contributed by atoms with Crippen molar-refractivity contribution >= 4 is 5.91 Å². The van der Waals surface area contributed by atoms with Crippen LogP contribution in [-0.4, -0.2) is 54.5 Å². The van der Waals surface area contributed by atoms with Gasteiger partial charge < -0.3 is 9.64 Å². The Kier molecular flexibility index (Phi) is 9.70. The number of nitrogens with zero attached hydrogens (tertiary/aromatic N) is 2. The predicted molar refractivity (Wildman–Crippen MR) is 129 cm³/mol. The molecule has 1 aromatic rings. The van der Waals surface area contributed by atoms with Crippen molar-refractivity contribution in [3.8, 4) is 5.75 Å². The number of ether oxygens (including phenoxy) is 1. The van der Waals surface area contributed by atoms with E-state index < -0.39 is 0 Å². The second-order valence-electron chi connectivity index (χ2n) is 9.57. The first-order valence-electron chi connectivity index (χ1n) is 12.9. The van der Waals surface area contributed by atoms with E-state index in [1.807, 2.05) is 0 Å². The molecule has 0 spiro atoms. The molecule has 1 amide bonds. The van der Waals surface area contributed by atoms with Crippen molar-refractivity contribution in [3.63, 3.8) is 0 Å². The van der Waals surface area contributed by atoms with Crippen LogP contribution in [0.2, 0.25) is 0 Å². The van der Waals surface area contributed by atoms with Crippen LogP contribution in [0.5, 0.6) is 5.75 Å². The molecule has 0 saturated carbocycles. The summed E-state index contributed by atoms with van der Waals surface area (Å²) in [6.45, 7) is 10.9. The third-order valence-corrected chi connectivity index (χ3v) is 7.11. The average Bonchev–Trinajstić information content (AvgIpc) is 3.40. The van der Waals surface area contributed by atoms with E-state index >= 15 is 0 Å². The Hall–Kier alpha value is -1.55. The summed E-state index contributed by atoms with van der Waals surface area (Å²) in [7, 11) is 0. The molecule has 174 valence electrons. The summed E-state index contributed by atoms with van der Waals surface area (Å²) in [6, 6.07) is 7.33. The number of fused-ring (bicyclic) bond motifs is 1. The van der Waals surface area contributed by atoms with Gasteiger partial charge in [0.1, 0.15) is 5.75 Å². The second kappa shape index (κ2) is 12.5. The van der Waals surface area contributed by atoms with Gasteiger partial charge in [0, 0.05) is 32.1 Å². The lowest BCUT2D eigenvalue weighted by atomic mass is 9.93. The minimum absolute atomic E-state index is 0.338. The van der Waals surface area contributed by atoms with Crippen LogP contribution in [0.4, 0.5) is 0 Å². The third kappa shape index (κ3) is 6.71. The molecule has 1 fully saturated rings. The second-order valence-corrected chi connectivity index (χ2v) is 9.57. The maximum absolute atomic E-state index is 13.3. The molecule has 2 aliphatic heterocycles. The number of carbonyl (C=O) groups excluding carboxylic acids is 1. The van der Waals surface area contributed by atoms with Crippen LogP contribution in [0, 0.1) is 0 Å². The molecule has 31 heavy (non-hydrogen) atoms. The van der Waals surface area contributed by atoms with Crippen molar-refractivity contribution in [2.24, 2.45) is 0 Å². The van der Waals surface area contributed by atoms with E-state index in [1.165, 1.54) is 43.2 Å². The highest BCUT2D eigenvalue weighted by Crippen LogP contribution is 2.37. The van der Waals surface area contributed by atoms with E-state index in [1.54, 1.807) is 0 Å². The fourth-order valence-electron chi connectivity index (χ4n) is 5.14. The van der Waals surface area contributed by atoms with E-state index in [9.17, 15) is 4.79 Å². The number of carbonyl (C=O) groups is 1. The van der Waals surface area contributed by atoms with Gasteiger partial charge in [-0.15, -0.1) is 0 Å². The molecular formula is C27H44N2O2. The lowest BCUT2D eigenvalue weighted by Gasteiger charge is -2.28. The number of rotatable bonds is 13. The standard InChI is InChI=1S/C27H44N2O2/c1-4-7-10-11-25-19-24(22-12-13-26-23(18-22)14-17-31-26)20-29(25)21-27(30)28(15-8-5-2)16-9-6-3/h12-13,18,24-25H,4-11,14-17,19-21H2,1-3H3. The monoisotopic (exact) mass is 428 g/mol. The van der Waals surface area contributed by atoms with Crippen molar-refractivity contribution in [3.05, 3.63) is 29.3 Å². The van der Waals surface area contributed by atoms with Gasteiger partial charge in [0.05, 0.1) is 13.2 Å². The third-order valence-electron chi connectivity index (χ3n) is 7.11. The molecule has 2 atom stereocenters. The number of unbranched alkanes of at least 4 members (excludes halogenated alkanes) is 4. The summed E-state index contributed by atoms with van der Waals surface area (Å²) in [5, 5.41) is 0. The van der Waals surface area contributed by atoms with Crippen molar-refractivity contribution in [1.82, 2.24) is 9.80 Å². The molecule has 0 radical (unpaired) electrons. The minimum Gasteiger partial charge on any atom is -0.493 e. The van der Waals surface area contributed by atoms with Gasteiger partial charge in [0.25, 0.3) is 0 Å². The van der Waals surface area contributed by atoms with Crippen LogP contribution in [-0.2, 0) is 11.2 Å². The molecule has 4 nitrogen and oxygen atoms in total. The predicted octanol–water partition coefficient (Wildman–Crippen LogP) is 5.79. The lowest BCUT2D eigenvalue weighted by molar-refractivity contribution is -0.132. The maximum Gasteiger partial charge on any atom is 0.236 e. The summed E-state index contributed by atoms with van der Waals surface area (Å²) in [6.07, 6.45) is 11.7. The van der Waals surface area contributed by atoms with E-state index in [0.717, 1.165) is 64.1 Å². The highest BCUT2D eigenvalue weighted by atomic mass is 16.5. The number of benzene rings is 1. The largest absolute Gasteiger partial charge is 0.493 e. The molecule has 0 aromatic heterocycles. The Morgan fingerprint density at radius 1 is 1.06 bits per heavy atom. The maximum atomic E-state index is 13.3. The van der Waals surface area contributed by atoms with Crippen molar-refractivity contribution in [2.75, 3.05) is 32.8 Å². The van der Waals surface area contributed by atoms with Crippen LogP contribution in [0.25, 0.3) is 0 Å². The quantitative estimate of drug-likeness (QED) is 0.373. The molecule has 4 heteroatoms. The summed E-state index contributed by atoms with van der Waals surface area (Å²) < 4.78 is 5.71. The normalized spacial score (nSPS) is 20.6. The number of likely N-dealkylation sites (tertiary alicyclic amines) is 1. The van der Waals surface area contributed by atoms with Crippen LogP contribution in [0.3, 0.4) is 0 Å². The van der Waals surface area contributed by atoms with Crippen molar-refractivity contribution in [2.45, 2.75) is 96.9 Å². The van der Waals surface area contributed by atoms with Gasteiger partial charge in [-0.25, -0.2) is 0 Å². The number of hydrogen-bond donors (Lipinski definition) is 0. The Bertz CT molecular complexity index is 682. The lowest BCUT2D eigenvalue weighted by Crippen LogP contribution is -2.43. The molecule has 0 bridgehead atoms. The van der Waals surface area contributed by atoms with Gasteiger partial charge >= 0.3 is 0 Å². The minimum atomic E-state index is 0.338. The molecule has 2 aliphatic rings. The summed E-state index contributed by atoms with van der Waals surface area (Å²) in [4.78, 5) is 17.9. The SMILES string of the molecule is CCCCCC1CC(c2ccc3c(c2)CCO3)CN1CC(=O)N(CCCC)CCCC. The molecule has 0 N–H and O–H groups in total. The average molecular weight is 429 g/mol. The van der Waals surface area contributed by atoms with Gasteiger partial charge in [-0.1, -0.05) is 65.0 Å². The van der Waals surface area contributed by atoms with E-state index in [-0.39, 0.29) is 0 Å². The first-order chi connectivity index (χ1) is 15.2. The summed E-state index contributed by atoms with van der Waals surface area (Å²) >= 11 is 0. The Labute approximate surface area is 190 Å². The zero-order valence-corrected chi connectivity index (χ0v) is 20.2. The first-order valence-corrected chi connectivity index (χ1v) is 12.9. The van der Waals surface area contributed by atoms with E-state index in [2.05, 4.69) is 48.8 Å². The summed E-state index contributed by atoms with van der Waals surface area (Å²) in [5.74, 6) is 1.94. The zero-order chi connectivity index (χ0) is 22.1. The zero-order valence-electron chi connectivity index (χ0n) is 20.2. The van der Waals surface area contributed by atoms with Crippen LogP contribution >= 0.6 is 0 Å². The smallest absolute Gasteiger partial charge is 0.236 e. The Morgan fingerprint density at radius 2 is 1.81 bits per heavy atom. The molecule has 0 aliphatic carbocycles. The van der Waals surface area contributed by atoms with Crippen molar-refractivity contribution < 1.29 is 9.53 Å². The molecule has 1 aromatic carbocycles. The van der Waals surface area contributed by atoms with Gasteiger partial charge in [-0.3, -0.25) is 9.69 Å². The number of amides is 1. The highest BCUT2D eigenvalue weighted by molar-refractivity contribution is 5.78. The molecule has 2 unspecified atom stereocenters. The van der Waals surface area contributed by atoms with Crippen LogP contribution in [0.1, 0.15) is 95.6 Å². The van der Waals surface area contributed by atoms with E-state index in [0.29, 0.717) is 24.4 Å². The Morgan fingerprint density at radius 3 is 2.52 bits per heavy atom. The number of hydrogen-bond acceptors (Lipinski definition) is 3. The summed E-state index contributed by atoms with van der Waals surface area (Å²) in [5.41, 5.74) is 2.80. The fourth-order valence-corrected chi connectivity index (χ4v) is 5.14. The molecule has 1 saturated heterocycles. The first kappa shape index (κ1) is 24.1. The fraction of sp³-hybridized carbons (Fsp3) is 0.741. The molecule has 2 heterocycles.